The molecule has 0 amide bonds. The highest BCUT2D eigenvalue weighted by Gasteiger charge is 2.35. The molecule has 7 heteroatoms. The number of nitrogens with one attached hydrogen (secondary N) is 2. The van der Waals surface area contributed by atoms with Gasteiger partial charge in [0.2, 0.25) is 0 Å². The van der Waals surface area contributed by atoms with E-state index in [0.29, 0.717) is 30.3 Å². The molecule has 0 aromatic rings. The molecule has 2 N–H and O–H groups in total. The van der Waals surface area contributed by atoms with Crippen LogP contribution in [0.1, 0.15) is 47.0 Å². The second-order valence-electron chi connectivity index (χ2n) is 7.61. The fourth-order valence-corrected chi connectivity index (χ4v) is 5.59. The summed E-state index contributed by atoms with van der Waals surface area (Å²) in [4.78, 5) is 3.69. The lowest BCUT2D eigenvalue weighted by atomic mass is 10.2. The van der Waals surface area contributed by atoms with Crippen LogP contribution in [0.3, 0.4) is 0 Å². The summed E-state index contributed by atoms with van der Waals surface area (Å²) in [6.07, 6.45) is 3.05. The number of quaternary nitrogens is 1. The van der Waals surface area contributed by atoms with Gasteiger partial charge in [-0.2, -0.15) is 0 Å². The van der Waals surface area contributed by atoms with Crippen molar-refractivity contribution in [1.82, 2.24) is 10.2 Å². The molecule has 2 aliphatic rings. The lowest BCUT2D eigenvalue weighted by Crippen LogP contribution is -3.18. The Bertz CT molecular complexity index is 507. The fraction of sp³-hybridized carbons (Fsp3) is 0.938. The second kappa shape index (κ2) is 7.66. The molecule has 1 saturated heterocycles. The maximum absolute atomic E-state index is 11.9. The van der Waals surface area contributed by atoms with E-state index in [1.807, 2.05) is 0 Å². The van der Waals surface area contributed by atoms with Crippen LogP contribution in [0.5, 0.6) is 0 Å². The quantitative estimate of drug-likeness (QED) is 0.635. The van der Waals surface area contributed by atoms with Gasteiger partial charge in [0.05, 0.1) is 36.7 Å². The minimum absolute atomic E-state index is 0.0410. The van der Waals surface area contributed by atoms with Crippen molar-refractivity contribution in [3.63, 3.8) is 0 Å². The molecule has 1 heterocycles. The number of hydrogen-bond donors (Lipinski definition) is 2. The third-order valence-electron chi connectivity index (χ3n) is 4.94. The molecule has 23 heavy (non-hydrogen) atoms. The van der Waals surface area contributed by atoms with Gasteiger partial charge in [-0.1, -0.05) is 0 Å². The summed E-state index contributed by atoms with van der Waals surface area (Å²) < 4.78 is 23.7. The third-order valence-corrected chi connectivity index (χ3v) is 7.04. The van der Waals surface area contributed by atoms with E-state index in [4.69, 9.17) is 12.2 Å². The molecule has 1 aliphatic heterocycles. The standard InChI is InChI=1S/C16H31N3O2S2/c1-12(2)18(13(3)4)8-9-19(16(22)17-14-5-6-14)15-7-10-23(20,21)11-15/h12-15H,5-11H2,1-4H3,(H,17,22)/p+1/t15-/m1/s1. The van der Waals surface area contributed by atoms with Crippen molar-refractivity contribution in [3.05, 3.63) is 0 Å². The zero-order valence-corrected chi connectivity index (χ0v) is 16.5. The van der Waals surface area contributed by atoms with E-state index in [9.17, 15) is 8.42 Å². The van der Waals surface area contributed by atoms with Gasteiger partial charge in [0, 0.05) is 12.1 Å². The third kappa shape index (κ3) is 5.57. The van der Waals surface area contributed by atoms with Crippen molar-refractivity contribution in [2.75, 3.05) is 24.6 Å². The van der Waals surface area contributed by atoms with Gasteiger partial charge in [0.15, 0.2) is 14.9 Å². The van der Waals surface area contributed by atoms with E-state index in [0.717, 1.165) is 18.2 Å². The monoisotopic (exact) mass is 362 g/mol. The normalized spacial score (nSPS) is 23.7. The Morgan fingerprint density at radius 2 is 1.83 bits per heavy atom. The van der Waals surface area contributed by atoms with Crippen molar-refractivity contribution in [2.45, 2.75) is 71.1 Å². The molecule has 2 fully saturated rings. The summed E-state index contributed by atoms with van der Waals surface area (Å²) in [7, 11) is -2.89. The molecule has 1 atom stereocenters. The largest absolute Gasteiger partial charge is 0.360 e. The van der Waals surface area contributed by atoms with Gasteiger partial charge >= 0.3 is 0 Å². The van der Waals surface area contributed by atoms with Gasteiger partial charge in [0.25, 0.3) is 0 Å². The van der Waals surface area contributed by atoms with Gasteiger partial charge in [-0.25, -0.2) is 8.42 Å². The Hall–Kier alpha value is -0.400. The number of rotatable bonds is 7. The topological polar surface area (TPSA) is 53.9 Å². The van der Waals surface area contributed by atoms with E-state index in [-0.39, 0.29) is 11.8 Å². The average Bonchev–Trinajstić information content (AvgIpc) is 3.15. The van der Waals surface area contributed by atoms with Gasteiger partial charge in [-0.3, -0.25) is 0 Å². The lowest BCUT2D eigenvalue weighted by Gasteiger charge is -2.34. The van der Waals surface area contributed by atoms with E-state index in [1.54, 1.807) is 0 Å². The fourth-order valence-electron chi connectivity index (χ4n) is 3.45. The van der Waals surface area contributed by atoms with Crippen LogP contribution < -0.4 is 10.2 Å². The van der Waals surface area contributed by atoms with Crippen LogP contribution in [0.15, 0.2) is 0 Å². The zero-order chi connectivity index (χ0) is 17.2. The Morgan fingerprint density at radius 3 is 2.26 bits per heavy atom. The summed E-state index contributed by atoms with van der Waals surface area (Å²) >= 11 is 5.60. The van der Waals surface area contributed by atoms with E-state index in [1.165, 1.54) is 17.7 Å². The van der Waals surface area contributed by atoms with Crippen molar-refractivity contribution >= 4 is 27.2 Å². The van der Waals surface area contributed by atoms with Crippen LogP contribution in [0.4, 0.5) is 0 Å². The highest BCUT2D eigenvalue weighted by Crippen LogP contribution is 2.21. The lowest BCUT2D eigenvalue weighted by molar-refractivity contribution is -0.941. The van der Waals surface area contributed by atoms with Crippen molar-refractivity contribution < 1.29 is 13.3 Å². The SMILES string of the molecule is CC(C)[NH+](CCN(C(=S)NC1CC1)[C@@H]1CCS(=O)(=O)C1)C(C)C. The number of nitrogens with zero attached hydrogens (tertiary/aromatic N) is 1. The molecule has 0 spiro atoms. The molecular weight excluding hydrogens is 330 g/mol. The molecule has 2 rings (SSSR count). The zero-order valence-electron chi connectivity index (χ0n) is 14.8. The first-order chi connectivity index (χ1) is 10.7. The number of sulfone groups is 1. The van der Waals surface area contributed by atoms with Crippen LogP contribution in [-0.2, 0) is 9.84 Å². The molecule has 0 aromatic carbocycles. The Morgan fingerprint density at radius 1 is 1.22 bits per heavy atom. The van der Waals surface area contributed by atoms with Crippen LogP contribution in [-0.4, -0.2) is 67.2 Å². The number of hydrogen-bond acceptors (Lipinski definition) is 3. The average molecular weight is 363 g/mol. The first-order valence-corrected chi connectivity index (χ1v) is 11.1. The minimum atomic E-state index is -2.89. The number of thiocarbonyl (C=S) groups is 1. The van der Waals surface area contributed by atoms with Gasteiger partial charge in [-0.05, 0) is 59.2 Å². The molecule has 1 aliphatic carbocycles. The molecular formula is C16H32N3O2S2+. The van der Waals surface area contributed by atoms with Crippen molar-refractivity contribution in [3.8, 4) is 0 Å². The van der Waals surface area contributed by atoms with Gasteiger partial charge < -0.3 is 15.1 Å². The Labute approximate surface area is 146 Å². The summed E-state index contributed by atoms with van der Waals surface area (Å²) in [5.74, 6) is 0.545. The van der Waals surface area contributed by atoms with Crippen LogP contribution in [0.25, 0.3) is 0 Å². The van der Waals surface area contributed by atoms with Crippen molar-refractivity contribution in [1.29, 1.82) is 0 Å². The summed E-state index contributed by atoms with van der Waals surface area (Å²) in [6.45, 7) is 10.8. The molecule has 0 aromatic heterocycles. The molecule has 1 saturated carbocycles. The molecule has 0 radical (unpaired) electrons. The Kier molecular flexibility index (Phi) is 6.30. The maximum Gasteiger partial charge on any atom is 0.169 e. The summed E-state index contributed by atoms with van der Waals surface area (Å²) in [5, 5.41) is 4.15. The van der Waals surface area contributed by atoms with Crippen LogP contribution >= 0.6 is 12.2 Å². The van der Waals surface area contributed by atoms with Gasteiger partial charge in [-0.15, -0.1) is 0 Å². The van der Waals surface area contributed by atoms with Crippen LogP contribution in [0.2, 0.25) is 0 Å². The highest BCUT2D eigenvalue weighted by molar-refractivity contribution is 7.91. The summed E-state index contributed by atoms with van der Waals surface area (Å²) in [5.41, 5.74) is 0. The molecule has 0 bridgehead atoms. The second-order valence-corrected chi connectivity index (χ2v) is 10.2. The van der Waals surface area contributed by atoms with Gasteiger partial charge in [0.1, 0.15) is 0 Å². The van der Waals surface area contributed by atoms with Crippen LogP contribution in [0, 0.1) is 0 Å². The highest BCUT2D eigenvalue weighted by atomic mass is 32.2. The first kappa shape index (κ1) is 18.9. The predicted molar refractivity (Wildman–Crippen MR) is 98.6 cm³/mol. The molecule has 134 valence electrons. The molecule has 0 unspecified atom stereocenters. The minimum Gasteiger partial charge on any atom is -0.360 e. The smallest absolute Gasteiger partial charge is 0.169 e. The Balaban J connectivity index is 2.02. The molecule has 5 nitrogen and oxygen atoms in total. The predicted octanol–water partition coefficient (Wildman–Crippen LogP) is 0.214. The first-order valence-electron chi connectivity index (χ1n) is 8.82. The summed E-state index contributed by atoms with van der Waals surface area (Å²) in [6, 6.07) is 1.64. The van der Waals surface area contributed by atoms with E-state index < -0.39 is 9.84 Å². The maximum atomic E-state index is 11.9. The van der Waals surface area contributed by atoms with E-state index in [2.05, 4.69) is 37.9 Å². The van der Waals surface area contributed by atoms with E-state index >= 15 is 0 Å². The van der Waals surface area contributed by atoms with Crippen molar-refractivity contribution in [2.24, 2.45) is 0 Å².